The highest BCUT2D eigenvalue weighted by molar-refractivity contribution is 6.14. The van der Waals surface area contributed by atoms with Crippen LogP contribution in [-0.4, -0.2) is 18.0 Å². The van der Waals surface area contributed by atoms with Crippen molar-refractivity contribution in [2.45, 2.75) is 13.8 Å². The summed E-state index contributed by atoms with van der Waals surface area (Å²) in [5.74, 6) is 1.09. The minimum atomic E-state index is -0.410. The maximum absolute atomic E-state index is 12.4. The Labute approximate surface area is 128 Å². The zero-order valence-corrected chi connectivity index (χ0v) is 12.5. The number of phenols is 1. The molecule has 2 rings (SSSR count). The van der Waals surface area contributed by atoms with Crippen molar-refractivity contribution in [2.24, 2.45) is 0 Å². The molecule has 1 aromatic carbocycles. The van der Waals surface area contributed by atoms with Crippen molar-refractivity contribution in [3.05, 3.63) is 52.5 Å². The van der Waals surface area contributed by atoms with Gasteiger partial charge in [0.25, 0.3) is 0 Å². The van der Waals surface area contributed by atoms with Crippen LogP contribution in [0.3, 0.4) is 0 Å². The first-order valence-corrected chi connectivity index (χ1v) is 6.56. The number of allylic oxidation sites excluding steroid dienone is 1. The molecule has 2 aromatic rings. The Morgan fingerprint density at radius 2 is 2.09 bits per heavy atom. The summed E-state index contributed by atoms with van der Waals surface area (Å²) < 4.78 is 10.5. The maximum atomic E-state index is 12.4. The van der Waals surface area contributed by atoms with E-state index in [1.165, 1.54) is 25.3 Å². The van der Waals surface area contributed by atoms with Crippen LogP contribution in [-0.2, 0) is 0 Å². The second-order valence-corrected chi connectivity index (χ2v) is 4.75. The lowest BCUT2D eigenvalue weighted by Gasteiger charge is -2.06. The Bertz CT molecular complexity index is 793. The lowest BCUT2D eigenvalue weighted by Crippen LogP contribution is -2.02. The predicted molar refractivity (Wildman–Crippen MR) is 80.8 cm³/mol. The second kappa shape index (κ2) is 6.19. The fraction of sp³-hybridized carbons (Fsp3) is 0.176. The number of methoxy groups -OCH3 is 1. The van der Waals surface area contributed by atoms with Gasteiger partial charge in [-0.25, -0.2) is 0 Å². The van der Waals surface area contributed by atoms with Crippen molar-refractivity contribution < 1.29 is 19.1 Å². The monoisotopic (exact) mass is 297 g/mol. The molecule has 0 bridgehead atoms. The minimum absolute atomic E-state index is 0.0344. The van der Waals surface area contributed by atoms with Gasteiger partial charge in [0.05, 0.1) is 12.7 Å². The number of ketones is 1. The molecule has 0 radical (unpaired) electrons. The first kappa shape index (κ1) is 15.4. The summed E-state index contributed by atoms with van der Waals surface area (Å²) in [6, 6.07) is 7.96. The van der Waals surface area contributed by atoms with Gasteiger partial charge >= 0.3 is 0 Å². The van der Waals surface area contributed by atoms with Crippen molar-refractivity contribution in [1.29, 1.82) is 5.26 Å². The average molecular weight is 297 g/mol. The molecule has 22 heavy (non-hydrogen) atoms. The number of hydrogen-bond donors (Lipinski definition) is 1. The van der Waals surface area contributed by atoms with E-state index in [1.807, 2.05) is 6.07 Å². The van der Waals surface area contributed by atoms with E-state index < -0.39 is 5.78 Å². The Morgan fingerprint density at radius 1 is 1.36 bits per heavy atom. The molecular weight excluding hydrogens is 282 g/mol. The van der Waals surface area contributed by atoms with Crippen molar-refractivity contribution >= 4 is 11.9 Å². The molecule has 5 nitrogen and oxygen atoms in total. The summed E-state index contributed by atoms with van der Waals surface area (Å²) >= 11 is 0. The van der Waals surface area contributed by atoms with Crippen molar-refractivity contribution in [3.8, 4) is 17.6 Å². The van der Waals surface area contributed by atoms with Gasteiger partial charge in [-0.05, 0) is 38.1 Å². The van der Waals surface area contributed by atoms with E-state index in [2.05, 4.69) is 0 Å². The lowest BCUT2D eigenvalue weighted by molar-refractivity contribution is 0.103. The van der Waals surface area contributed by atoms with Crippen molar-refractivity contribution in [3.63, 3.8) is 0 Å². The van der Waals surface area contributed by atoms with E-state index in [0.29, 0.717) is 28.4 Å². The molecule has 0 spiro atoms. The van der Waals surface area contributed by atoms with Crippen LogP contribution in [0.1, 0.15) is 27.4 Å². The Kier molecular flexibility index (Phi) is 4.33. The highest BCUT2D eigenvalue weighted by Gasteiger charge is 2.18. The number of nitrogens with zero attached hydrogens (tertiary/aromatic N) is 1. The summed E-state index contributed by atoms with van der Waals surface area (Å²) in [6.45, 7) is 3.42. The Hall–Kier alpha value is -3.00. The fourth-order valence-electron chi connectivity index (χ4n) is 2.12. The number of hydrogen-bond acceptors (Lipinski definition) is 5. The number of aromatic hydroxyl groups is 1. The predicted octanol–water partition coefficient (Wildman–Crippen LogP) is 3.40. The molecular formula is C17H15NO4. The van der Waals surface area contributed by atoms with Crippen molar-refractivity contribution in [1.82, 2.24) is 0 Å². The average Bonchev–Trinajstić information content (AvgIpc) is 2.83. The third-order valence-corrected chi connectivity index (χ3v) is 3.17. The molecule has 0 aliphatic rings. The number of aryl methyl sites for hydroxylation is 2. The molecule has 0 saturated heterocycles. The largest absolute Gasteiger partial charge is 0.508 e. The zero-order chi connectivity index (χ0) is 16.3. The van der Waals surface area contributed by atoms with E-state index in [9.17, 15) is 15.2 Å². The van der Waals surface area contributed by atoms with Crippen LogP contribution in [0.5, 0.6) is 11.5 Å². The van der Waals surface area contributed by atoms with Crippen LogP contribution in [0.15, 0.2) is 34.3 Å². The summed E-state index contributed by atoms with van der Waals surface area (Å²) in [5.41, 5.74) is 0.860. The molecule has 0 unspecified atom stereocenters. The number of nitriles is 1. The van der Waals surface area contributed by atoms with Crippen molar-refractivity contribution in [2.75, 3.05) is 7.11 Å². The smallest absolute Gasteiger partial charge is 0.207 e. The molecule has 1 heterocycles. The standard InChI is InChI=1S/C17H15NO4/c1-10-6-15(11(2)22-10)17(20)13(9-18)7-12-4-5-14(19)8-16(12)21-3/h4-8,19H,1-3H3. The quantitative estimate of drug-likeness (QED) is 0.531. The minimum Gasteiger partial charge on any atom is -0.508 e. The van der Waals surface area contributed by atoms with E-state index in [0.717, 1.165) is 0 Å². The number of carbonyl (C=O) groups excluding carboxylic acids is 1. The molecule has 0 atom stereocenters. The van der Waals surface area contributed by atoms with Crippen LogP contribution in [0.25, 0.3) is 6.08 Å². The second-order valence-electron chi connectivity index (χ2n) is 4.75. The first-order chi connectivity index (χ1) is 10.5. The maximum Gasteiger partial charge on any atom is 0.207 e. The van der Waals surface area contributed by atoms with Gasteiger partial charge in [-0.1, -0.05) is 0 Å². The molecule has 1 aromatic heterocycles. The summed E-state index contributed by atoms with van der Waals surface area (Å²) in [5, 5.41) is 18.7. The number of carbonyl (C=O) groups is 1. The van der Waals surface area contributed by atoms with Crippen LogP contribution in [0.4, 0.5) is 0 Å². The Balaban J connectivity index is 2.46. The molecule has 1 N–H and O–H groups in total. The lowest BCUT2D eigenvalue weighted by atomic mass is 10.0. The summed E-state index contributed by atoms with van der Waals surface area (Å²) in [6.07, 6.45) is 1.43. The fourth-order valence-corrected chi connectivity index (χ4v) is 2.12. The van der Waals surface area contributed by atoms with Crippen LogP contribution in [0, 0.1) is 25.2 Å². The van der Waals surface area contributed by atoms with Gasteiger partial charge in [-0.2, -0.15) is 5.26 Å². The third-order valence-electron chi connectivity index (χ3n) is 3.17. The number of Topliss-reactive ketones (excluding diaryl/α,β-unsaturated/α-hetero) is 1. The van der Waals surface area contributed by atoms with Gasteiger partial charge in [0.15, 0.2) is 0 Å². The molecule has 0 aliphatic carbocycles. The van der Waals surface area contributed by atoms with Crippen LogP contribution >= 0.6 is 0 Å². The number of furan rings is 1. The zero-order valence-electron chi connectivity index (χ0n) is 12.5. The molecule has 0 amide bonds. The number of ether oxygens (including phenoxy) is 1. The molecule has 112 valence electrons. The van der Waals surface area contributed by atoms with E-state index in [1.54, 1.807) is 26.0 Å². The van der Waals surface area contributed by atoms with Gasteiger partial charge in [0, 0.05) is 11.6 Å². The Morgan fingerprint density at radius 3 is 2.64 bits per heavy atom. The third kappa shape index (κ3) is 3.01. The number of rotatable bonds is 4. The van der Waals surface area contributed by atoms with E-state index in [-0.39, 0.29) is 11.3 Å². The normalized spacial score (nSPS) is 11.1. The van der Waals surface area contributed by atoms with Gasteiger partial charge in [0.1, 0.15) is 34.7 Å². The van der Waals surface area contributed by atoms with Gasteiger partial charge in [0.2, 0.25) is 5.78 Å². The SMILES string of the molecule is COc1cc(O)ccc1C=C(C#N)C(=O)c1cc(C)oc1C. The summed E-state index contributed by atoms with van der Waals surface area (Å²) in [4.78, 5) is 12.4. The highest BCUT2D eigenvalue weighted by Crippen LogP contribution is 2.27. The molecule has 0 fully saturated rings. The van der Waals surface area contributed by atoms with Crippen LogP contribution < -0.4 is 4.74 Å². The number of benzene rings is 1. The van der Waals surface area contributed by atoms with E-state index in [4.69, 9.17) is 9.15 Å². The van der Waals surface area contributed by atoms with Gasteiger partial charge < -0.3 is 14.3 Å². The van der Waals surface area contributed by atoms with Crippen LogP contribution in [0.2, 0.25) is 0 Å². The topological polar surface area (TPSA) is 83.5 Å². The van der Waals surface area contributed by atoms with E-state index >= 15 is 0 Å². The molecule has 0 aliphatic heterocycles. The van der Waals surface area contributed by atoms with Gasteiger partial charge in [-0.15, -0.1) is 0 Å². The molecule has 0 saturated carbocycles. The number of phenolic OH excluding ortho intramolecular Hbond substituents is 1. The molecule has 5 heteroatoms. The van der Waals surface area contributed by atoms with Gasteiger partial charge in [-0.3, -0.25) is 4.79 Å². The summed E-state index contributed by atoms with van der Waals surface area (Å²) in [7, 11) is 1.45. The highest BCUT2D eigenvalue weighted by atomic mass is 16.5. The first-order valence-electron chi connectivity index (χ1n) is 6.56.